The number of carbonyl (C=O) groups is 1. The summed E-state index contributed by atoms with van der Waals surface area (Å²) < 4.78 is 2.01. The maximum atomic E-state index is 10.9. The summed E-state index contributed by atoms with van der Waals surface area (Å²) in [6.07, 6.45) is 6.58. The minimum atomic E-state index is -0.643. The van der Waals surface area contributed by atoms with Crippen molar-refractivity contribution < 1.29 is 9.90 Å². The summed E-state index contributed by atoms with van der Waals surface area (Å²) in [7, 11) is 0. The Balaban J connectivity index is 1.76. The predicted octanol–water partition coefficient (Wildman–Crippen LogP) is 2.59. The third-order valence-electron chi connectivity index (χ3n) is 4.35. The maximum absolute atomic E-state index is 10.9. The fourth-order valence-corrected chi connectivity index (χ4v) is 2.70. The largest absolute Gasteiger partial charge is 0.481 e. The number of aliphatic carboxylic acids is 1. The Morgan fingerprint density at radius 3 is 2.80 bits per heavy atom. The van der Waals surface area contributed by atoms with Gasteiger partial charge in [0, 0.05) is 24.8 Å². The van der Waals surface area contributed by atoms with Gasteiger partial charge in [0.1, 0.15) is 0 Å². The molecule has 1 aliphatic rings. The van der Waals surface area contributed by atoms with E-state index < -0.39 is 5.97 Å². The third kappa shape index (κ3) is 3.82. The molecule has 0 spiro atoms. The van der Waals surface area contributed by atoms with Crippen molar-refractivity contribution in [3.8, 4) is 0 Å². The molecule has 0 saturated heterocycles. The standard InChI is InChI=1S/C15H25N3O2/c1-3-11(2)18-9-8-14(17-18)10-16-13-6-4-12(5-7-13)15(19)20/h8-9,11-13,16H,3-7,10H2,1-2H3,(H,19,20). The number of hydrogen-bond acceptors (Lipinski definition) is 3. The molecule has 1 aromatic heterocycles. The van der Waals surface area contributed by atoms with Gasteiger partial charge in [-0.1, -0.05) is 6.92 Å². The summed E-state index contributed by atoms with van der Waals surface area (Å²) in [6.45, 7) is 5.09. The van der Waals surface area contributed by atoms with Crippen LogP contribution in [0.3, 0.4) is 0 Å². The minimum Gasteiger partial charge on any atom is -0.481 e. The molecule has 20 heavy (non-hydrogen) atoms. The minimum absolute atomic E-state index is 0.141. The van der Waals surface area contributed by atoms with E-state index in [9.17, 15) is 4.79 Å². The molecule has 5 heteroatoms. The van der Waals surface area contributed by atoms with Crippen molar-refractivity contribution in [3.05, 3.63) is 18.0 Å². The molecule has 2 N–H and O–H groups in total. The second-order valence-electron chi connectivity index (χ2n) is 5.81. The van der Waals surface area contributed by atoms with Gasteiger partial charge in [0.05, 0.1) is 11.6 Å². The van der Waals surface area contributed by atoms with Crippen LogP contribution in [0.15, 0.2) is 12.3 Å². The van der Waals surface area contributed by atoms with Crippen LogP contribution in [0.1, 0.15) is 57.7 Å². The second-order valence-corrected chi connectivity index (χ2v) is 5.81. The average Bonchev–Trinajstić information content (AvgIpc) is 2.93. The normalized spacial score (nSPS) is 24.5. The van der Waals surface area contributed by atoms with Gasteiger partial charge in [-0.3, -0.25) is 9.48 Å². The van der Waals surface area contributed by atoms with Gasteiger partial charge in [-0.05, 0) is 45.1 Å². The number of carboxylic acid groups (broad SMARTS) is 1. The molecule has 2 rings (SSSR count). The average molecular weight is 279 g/mol. The number of carboxylic acids is 1. The lowest BCUT2D eigenvalue weighted by molar-refractivity contribution is -0.142. The summed E-state index contributed by atoms with van der Waals surface area (Å²) >= 11 is 0. The van der Waals surface area contributed by atoms with Gasteiger partial charge >= 0.3 is 5.97 Å². The number of aromatic nitrogens is 2. The van der Waals surface area contributed by atoms with Crippen molar-refractivity contribution in [1.82, 2.24) is 15.1 Å². The number of nitrogens with zero attached hydrogens (tertiary/aromatic N) is 2. The summed E-state index contributed by atoms with van der Waals surface area (Å²) in [5.74, 6) is -0.784. The van der Waals surface area contributed by atoms with Crippen molar-refractivity contribution in [2.24, 2.45) is 5.92 Å². The fraction of sp³-hybridized carbons (Fsp3) is 0.733. The Bertz CT molecular complexity index is 436. The van der Waals surface area contributed by atoms with E-state index >= 15 is 0 Å². The summed E-state index contributed by atoms with van der Waals surface area (Å²) in [4.78, 5) is 10.9. The van der Waals surface area contributed by atoms with Crippen molar-refractivity contribution >= 4 is 5.97 Å². The van der Waals surface area contributed by atoms with Crippen molar-refractivity contribution in [1.29, 1.82) is 0 Å². The van der Waals surface area contributed by atoms with Gasteiger partial charge < -0.3 is 10.4 Å². The van der Waals surface area contributed by atoms with Gasteiger partial charge in [0.2, 0.25) is 0 Å². The first-order valence-corrected chi connectivity index (χ1v) is 7.60. The molecule has 1 atom stereocenters. The van der Waals surface area contributed by atoms with E-state index in [4.69, 9.17) is 5.11 Å². The number of hydrogen-bond donors (Lipinski definition) is 2. The topological polar surface area (TPSA) is 67.2 Å². The Kier molecular flexibility index (Phi) is 5.17. The second kappa shape index (κ2) is 6.88. The highest BCUT2D eigenvalue weighted by Gasteiger charge is 2.25. The summed E-state index contributed by atoms with van der Waals surface area (Å²) in [6, 6.07) is 2.93. The molecule has 1 aliphatic carbocycles. The molecule has 1 heterocycles. The van der Waals surface area contributed by atoms with Crippen molar-refractivity contribution in [2.45, 2.75) is 64.6 Å². The van der Waals surface area contributed by atoms with E-state index in [1.165, 1.54) is 0 Å². The first-order chi connectivity index (χ1) is 9.60. The number of nitrogens with one attached hydrogen (secondary N) is 1. The maximum Gasteiger partial charge on any atom is 0.306 e. The van der Waals surface area contributed by atoms with E-state index in [0.29, 0.717) is 12.1 Å². The van der Waals surface area contributed by atoms with Gasteiger partial charge in [0.25, 0.3) is 0 Å². The Hall–Kier alpha value is -1.36. The van der Waals surface area contributed by atoms with Crippen LogP contribution < -0.4 is 5.32 Å². The molecule has 0 aromatic carbocycles. The Morgan fingerprint density at radius 1 is 1.50 bits per heavy atom. The Morgan fingerprint density at radius 2 is 2.20 bits per heavy atom. The van der Waals surface area contributed by atoms with Crippen molar-refractivity contribution in [3.63, 3.8) is 0 Å². The van der Waals surface area contributed by atoms with Crippen LogP contribution in [0.2, 0.25) is 0 Å². The molecule has 0 aliphatic heterocycles. The van der Waals surface area contributed by atoms with Gasteiger partial charge in [0.15, 0.2) is 0 Å². The molecule has 112 valence electrons. The Labute approximate surface area is 120 Å². The molecule has 1 saturated carbocycles. The number of rotatable bonds is 6. The zero-order chi connectivity index (χ0) is 14.5. The lowest BCUT2D eigenvalue weighted by Gasteiger charge is -2.26. The van der Waals surface area contributed by atoms with Crippen LogP contribution >= 0.6 is 0 Å². The molecule has 1 unspecified atom stereocenters. The van der Waals surface area contributed by atoms with Gasteiger partial charge in [-0.2, -0.15) is 5.10 Å². The molecule has 1 fully saturated rings. The molecular formula is C15H25N3O2. The highest BCUT2D eigenvalue weighted by atomic mass is 16.4. The molecule has 1 aromatic rings. The van der Waals surface area contributed by atoms with Crippen LogP contribution in [-0.4, -0.2) is 26.9 Å². The molecule has 0 radical (unpaired) electrons. The first kappa shape index (κ1) is 15.0. The van der Waals surface area contributed by atoms with E-state index in [1.807, 2.05) is 10.9 Å². The highest BCUT2D eigenvalue weighted by molar-refractivity contribution is 5.70. The fourth-order valence-electron chi connectivity index (χ4n) is 2.70. The molecule has 0 bridgehead atoms. The summed E-state index contributed by atoms with van der Waals surface area (Å²) in [5.41, 5.74) is 1.06. The van der Waals surface area contributed by atoms with Crippen LogP contribution in [0, 0.1) is 5.92 Å². The van der Waals surface area contributed by atoms with E-state index in [-0.39, 0.29) is 5.92 Å². The predicted molar refractivity (Wildman–Crippen MR) is 77.5 cm³/mol. The molecule has 5 nitrogen and oxygen atoms in total. The summed E-state index contributed by atoms with van der Waals surface area (Å²) in [5, 5.41) is 17.0. The zero-order valence-corrected chi connectivity index (χ0v) is 12.4. The van der Waals surface area contributed by atoms with Crippen molar-refractivity contribution in [2.75, 3.05) is 0 Å². The SMILES string of the molecule is CCC(C)n1ccc(CNC2CCC(C(=O)O)CC2)n1. The highest BCUT2D eigenvalue weighted by Crippen LogP contribution is 2.24. The lowest BCUT2D eigenvalue weighted by atomic mass is 9.86. The van der Waals surface area contributed by atoms with Crippen LogP contribution in [0.25, 0.3) is 0 Å². The van der Waals surface area contributed by atoms with E-state index in [0.717, 1.165) is 44.3 Å². The molecule has 0 amide bonds. The van der Waals surface area contributed by atoms with E-state index in [2.05, 4.69) is 30.3 Å². The first-order valence-electron chi connectivity index (χ1n) is 7.60. The van der Waals surface area contributed by atoms with Crippen LogP contribution in [-0.2, 0) is 11.3 Å². The molecular weight excluding hydrogens is 254 g/mol. The van der Waals surface area contributed by atoms with Crippen LogP contribution in [0.5, 0.6) is 0 Å². The smallest absolute Gasteiger partial charge is 0.306 e. The van der Waals surface area contributed by atoms with Gasteiger partial charge in [-0.25, -0.2) is 0 Å². The monoisotopic (exact) mass is 279 g/mol. The third-order valence-corrected chi connectivity index (χ3v) is 4.35. The zero-order valence-electron chi connectivity index (χ0n) is 12.4. The van der Waals surface area contributed by atoms with Gasteiger partial charge in [-0.15, -0.1) is 0 Å². The quantitative estimate of drug-likeness (QED) is 0.840. The van der Waals surface area contributed by atoms with Crippen LogP contribution in [0.4, 0.5) is 0 Å². The lowest BCUT2D eigenvalue weighted by Crippen LogP contribution is -2.34. The van der Waals surface area contributed by atoms with E-state index in [1.54, 1.807) is 0 Å².